The summed E-state index contributed by atoms with van der Waals surface area (Å²) in [6.45, 7) is 11.2. The number of rotatable bonds is 7. The third kappa shape index (κ3) is 18.0. The molecule has 0 atom stereocenters. The summed E-state index contributed by atoms with van der Waals surface area (Å²) in [7, 11) is -6.46. The van der Waals surface area contributed by atoms with Crippen LogP contribution in [0, 0.1) is 23.4 Å². The fourth-order valence-electron chi connectivity index (χ4n) is 3.99. The van der Waals surface area contributed by atoms with E-state index in [0.29, 0.717) is 37.2 Å². The Morgan fingerprint density at radius 3 is 1.40 bits per heavy atom. The van der Waals surface area contributed by atoms with Gasteiger partial charge in [0.05, 0.1) is 9.49 Å². The summed E-state index contributed by atoms with van der Waals surface area (Å²) in [4.78, 5) is 10.7. The molecule has 2 aliphatic carbocycles. The van der Waals surface area contributed by atoms with Crippen LogP contribution in [0.15, 0.2) is 0 Å². The van der Waals surface area contributed by atoms with Crippen molar-refractivity contribution >= 4 is 38.5 Å². The van der Waals surface area contributed by atoms with Gasteiger partial charge in [0.15, 0.2) is 0 Å². The second kappa shape index (κ2) is 20.3. The van der Waals surface area contributed by atoms with Gasteiger partial charge in [-0.05, 0) is 105 Å². The molecule has 40 heavy (non-hydrogen) atoms. The summed E-state index contributed by atoms with van der Waals surface area (Å²) in [6, 6.07) is -0.0414. The van der Waals surface area contributed by atoms with E-state index in [2.05, 4.69) is 14.8 Å². The number of primary amides is 1. The van der Waals surface area contributed by atoms with Crippen LogP contribution < -0.4 is 82.7 Å². The van der Waals surface area contributed by atoms with Gasteiger partial charge in [-0.25, -0.2) is 36.3 Å². The maximum absolute atomic E-state index is 11.9. The average molecular weight is 657 g/mol. The summed E-state index contributed by atoms with van der Waals surface area (Å²) in [5.74, 6) is 0.792. The number of nitriles is 1. The van der Waals surface area contributed by atoms with Crippen molar-refractivity contribution in [2.45, 2.75) is 114 Å². The van der Waals surface area contributed by atoms with E-state index in [0.717, 1.165) is 51.4 Å². The maximum Gasteiger partial charge on any atom is 1.00 e. The van der Waals surface area contributed by atoms with E-state index in [1.807, 2.05) is 0 Å². The number of nitrogens with zero attached hydrogens (tertiary/aromatic N) is 1. The van der Waals surface area contributed by atoms with Crippen LogP contribution in [-0.4, -0.2) is 57.5 Å². The molecule has 2 rings (SSSR count). The van der Waals surface area contributed by atoms with E-state index in [4.69, 9.17) is 21.8 Å². The van der Waals surface area contributed by atoms with Crippen LogP contribution in [0.3, 0.4) is 0 Å². The molecule has 0 unspecified atom stereocenters. The van der Waals surface area contributed by atoms with Crippen LogP contribution in [0.5, 0.6) is 0 Å². The molecule has 0 aromatic rings. The Bertz CT molecular complexity index is 965. The number of halogens is 1. The molecule has 0 radical (unpaired) electrons. The first-order valence-corrected chi connectivity index (χ1v) is 16.0. The molecule has 16 heteroatoms. The van der Waals surface area contributed by atoms with Crippen molar-refractivity contribution in [3.8, 4) is 6.26 Å². The average Bonchev–Trinajstić information content (AvgIpc) is 2.77. The van der Waals surface area contributed by atoms with Crippen LogP contribution in [0.25, 0.3) is 0 Å². The van der Waals surface area contributed by atoms with Gasteiger partial charge in [-0.3, -0.25) is 0 Å². The number of hydrogen-bond donors (Lipinski definition) is 5. The smallest absolute Gasteiger partial charge is 0.812 e. The first-order valence-electron chi connectivity index (χ1n) is 13.1. The van der Waals surface area contributed by atoms with E-state index in [1.54, 1.807) is 41.5 Å². The number of carbonyl (C=O) groups excluding carboxylic acids is 1. The second-order valence-corrected chi connectivity index (χ2v) is 17.1. The molecule has 2 saturated carbocycles. The van der Waals surface area contributed by atoms with Gasteiger partial charge < -0.3 is 21.9 Å². The number of nitrogens with two attached hydrogens (primary N) is 2. The van der Waals surface area contributed by atoms with E-state index >= 15 is 0 Å². The minimum Gasteiger partial charge on any atom is -0.812 e. The van der Waals surface area contributed by atoms with E-state index < -0.39 is 35.6 Å². The third-order valence-electron chi connectivity index (χ3n) is 6.82. The first-order chi connectivity index (χ1) is 17.3. The molecule has 0 spiro atoms. The zero-order valence-electron chi connectivity index (χ0n) is 25.2. The Morgan fingerprint density at radius 1 is 0.825 bits per heavy atom. The normalized spacial score (nSPS) is 23.2. The number of carbonyl (C=O) groups is 1. The fraction of sp³-hybridized carbons (Fsp3) is 0.917. The summed E-state index contributed by atoms with van der Waals surface area (Å²) < 4.78 is 51.4. The maximum atomic E-state index is 11.9. The summed E-state index contributed by atoms with van der Waals surface area (Å²) in [5, 5.41) is 17.7. The topological polar surface area (TPSA) is 220 Å². The molecule has 232 valence electrons. The molecule has 2 fully saturated rings. The van der Waals surface area contributed by atoms with Gasteiger partial charge in [0, 0.05) is 31.4 Å². The molecule has 2 aliphatic rings. The van der Waals surface area contributed by atoms with Crippen molar-refractivity contribution in [1.29, 1.82) is 5.26 Å². The van der Waals surface area contributed by atoms with Crippen LogP contribution in [0.4, 0.5) is 4.79 Å². The molecule has 0 bridgehead atoms. The molecule has 0 aliphatic heterocycles. The summed E-state index contributed by atoms with van der Waals surface area (Å²) in [6.07, 6.45) is 8.11. The van der Waals surface area contributed by atoms with Gasteiger partial charge in [-0.15, -0.1) is 12.4 Å². The SMILES string of the molecule is CC(C)(C)S(=O)(=O)NCC1CCC(N)CC1.CC(C)(C)S(=O)(=O)NCC1CCC(NC(N)=O)CC1.Cl.N#C[O-].[K+]. The standard InChI is InChI=1S/C12H25N3O3S.C11H24N2O2S.CHNO.ClH.K/c1-12(2,3)19(17,18)14-8-9-4-6-10(7-5-9)15-11(13)16;1-11(2,3)16(14,15)13-8-9-4-6-10(12)7-5-9;2-1-3;;/h9-10,14H,4-8H2,1-3H3,(H3,13,15,16);9-10,13H,4-8,12H2,1-3H3;3H;1H;/q;;;;+1/p-1. The van der Waals surface area contributed by atoms with E-state index in [9.17, 15) is 21.6 Å². The number of hydrogen-bond acceptors (Lipinski definition) is 8. The Kier molecular flexibility index (Phi) is 22.6. The van der Waals surface area contributed by atoms with Crippen LogP contribution in [-0.2, 0) is 20.0 Å². The Hall–Kier alpha value is 0.266. The summed E-state index contributed by atoms with van der Waals surface area (Å²) in [5.41, 5.74) is 10.9. The molecule has 0 saturated heterocycles. The quantitative estimate of drug-likeness (QED) is 0.158. The van der Waals surface area contributed by atoms with Crippen molar-refractivity contribution in [3.63, 3.8) is 0 Å². The van der Waals surface area contributed by atoms with Crippen molar-refractivity contribution < 1.29 is 78.1 Å². The molecule has 12 nitrogen and oxygen atoms in total. The van der Waals surface area contributed by atoms with Crippen molar-refractivity contribution in [2.75, 3.05) is 13.1 Å². The van der Waals surface area contributed by atoms with Crippen LogP contribution >= 0.6 is 12.4 Å². The van der Waals surface area contributed by atoms with Crippen molar-refractivity contribution in [1.82, 2.24) is 14.8 Å². The molecule has 0 aromatic heterocycles. The van der Waals surface area contributed by atoms with Crippen molar-refractivity contribution in [2.24, 2.45) is 23.3 Å². The third-order valence-corrected chi connectivity index (χ3v) is 11.1. The minimum atomic E-state index is -3.27. The Morgan fingerprint density at radius 2 is 1.12 bits per heavy atom. The zero-order chi connectivity index (χ0) is 29.8. The van der Waals surface area contributed by atoms with Gasteiger partial charge in [-0.1, -0.05) is 0 Å². The Balaban J connectivity index is -0.000000601. The second-order valence-electron chi connectivity index (χ2n) is 12.0. The van der Waals surface area contributed by atoms with E-state index in [1.165, 1.54) is 0 Å². The fourth-order valence-corrected chi connectivity index (χ4v) is 5.77. The molecule has 0 heterocycles. The zero-order valence-corrected chi connectivity index (χ0v) is 30.7. The number of urea groups is 1. The van der Waals surface area contributed by atoms with Gasteiger partial charge in [0.1, 0.15) is 0 Å². The molecular weight excluding hydrogens is 607 g/mol. The number of amides is 2. The van der Waals surface area contributed by atoms with E-state index in [-0.39, 0.29) is 69.8 Å². The minimum absolute atomic E-state index is 0. The number of sulfonamides is 2. The molecule has 7 N–H and O–H groups in total. The van der Waals surface area contributed by atoms with Gasteiger partial charge >= 0.3 is 57.4 Å². The van der Waals surface area contributed by atoms with Gasteiger partial charge in [-0.2, -0.15) is 0 Å². The first kappa shape index (κ1) is 44.7. The predicted octanol–water partition coefficient (Wildman–Crippen LogP) is -1.59. The monoisotopic (exact) mass is 656 g/mol. The van der Waals surface area contributed by atoms with Gasteiger partial charge in [0.2, 0.25) is 20.0 Å². The number of nitrogens with one attached hydrogen (secondary N) is 3. The predicted molar refractivity (Wildman–Crippen MR) is 155 cm³/mol. The molecule has 0 aromatic carbocycles. The van der Waals surface area contributed by atoms with Crippen molar-refractivity contribution in [3.05, 3.63) is 0 Å². The van der Waals surface area contributed by atoms with Gasteiger partial charge in [0.25, 0.3) is 0 Å². The van der Waals surface area contributed by atoms with Crippen LogP contribution in [0.2, 0.25) is 0 Å². The Labute approximate surface area is 290 Å². The molecular formula is C24H50ClKN6O6S2. The summed E-state index contributed by atoms with van der Waals surface area (Å²) >= 11 is 0. The largest absolute Gasteiger partial charge is 1.00 e. The molecule has 2 amide bonds. The van der Waals surface area contributed by atoms with Crippen LogP contribution in [0.1, 0.15) is 92.9 Å².